The molecule has 1 aromatic carbocycles. The van der Waals surface area contributed by atoms with Gasteiger partial charge in [-0.05, 0) is 12.1 Å². The second kappa shape index (κ2) is 6.27. The van der Waals surface area contributed by atoms with Crippen LogP contribution in [0.3, 0.4) is 0 Å². The third kappa shape index (κ3) is 2.89. The third-order valence-electron chi connectivity index (χ3n) is 3.00. The number of rotatable bonds is 6. The molecule has 19 heavy (non-hydrogen) atoms. The molecule has 0 bridgehead atoms. The molecular formula is C15H17O4. The van der Waals surface area contributed by atoms with Gasteiger partial charge in [-0.15, -0.1) is 0 Å². The lowest BCUT2D eigenvalue weighted by Gasteiger charge is -2.10. The van der Waals surface area contributed by atoms with Crippen molar-refractivity contribution >= 4 is 17.3 Å². The van der Waals surface area contributed by atoms with Crippen LogP contribution in [0.15, 0.2) is 12.1 Å². The quantitative estimate of drug-likeness (QED) is 0.734. The lowest BCUT2D eigenvalue weighted by atomic mass is 9.92. The van der Waals surface area contributed by atoms with Crippen LogP contribution in [0.2, 0.25) is 0 Å². The van der Waals surface area contributed by atoms with Gasteiger partial charge < -0.3 is 0 Å². The first-order valence-corrected chi connectivity index (χ1v) is 6.41. The maximum absolute atomic E-state index is 12.2. The van der Waals surface area contributed by atoms with E-state index >= 15 is 0 Å². The minimum Gasteiger partial charge on any atom is -0.294 e. The van der Waals surface area contributed by atoms with Gasteiger partial charge in [0.25, 0.3) is 0 Å². The summed E-state index contributed by atoms with van der Waals surface area (Å²) in [5.74, 6) is -1.58. The zero-order valence-corrected chi connectivity index (χ0v) is 11.4. The van der Waals surface area contributed by atoms with E-state index in [0.29, 0.717) is 0 Å². The van der Waals surface area contributed by atoms with E-state index in [1.165, 1.54) is 12.1 Å². The SMILES string of the molecule is CCC(=O)c1ccc(C(=O)CC)c(C(=O)CC)c1[O]. The average molecular weight is 261 g/mol. The van der Waals surface area contributed by atoms with Gasteiger partial charge in [-0.1, -0.05) is 20.8 Å². The minimum absolute atomic E-state index is 0.00745. The van der Waals surface area contributed by atoms with Gasteiger partial charge in [0.05, 0.1) is 11.1 Å². The highest BCUT2D eigenvalue weighted by Gasteiger charge is 2.24. The van der Waals surface area contributed by atoms with Gasteiger partial charge in [-0.2, -0.15) is 0 Å². The fraction of sp³-hybridized carbons (Fsp3) is 0.400. The Hall–Kier alpha value is -1.97. The zero-order valence-electron chi connectivity index (χ0n) is 11.4. The van der Waals surface area contributed by atoms with Crippen molar-refractivity contribution in [3.63, 3.8) is 0 Å². The molecule has 101 valence electrons. The Morgan fingerprint density at radius 2 is 1.21 bits per heavy atom. The van der Waals surface area contributed by atoms with Crippen LogP contribution < -0.4 is 0 Å². The molecule has 0 aromatic heterocycles. The van der Waals surface area contributed by atoms with Crippen LogP contribution in [0.5, 0.6) is 5.75 Å². The van der Waals surface area contributed by atoms with Crippen LogP contribution in [-0.2, 0) is 5.11 Å². The number of Topliss-reactive ketones (excluding diaryl/α,β-unsaturated/α-hetero) is 3. The van der Waals surface area contributed by atoms with Crippen molar-refractivity contribution in [2.24, 2.45) is 0 Å². The van der Waals surface area contributed by atoms with Gasteiger partial charge in [-0.25, -0.2) is 0 Å². The van der Waals surface area contributed by atoms with Crippen molar-refractivity contribution in [2.75, 3.05) is 0 Å². The van der Waals surface area contributed by atoms with Gasteiger partial charge in [-0.3, -0.25) is 19.5 Å². The Labute approximate surface area is 112 Å². The summed E-state index contributed by atoms with van der Waals surface area (Å²) in [5, 5.41) is 12.2. The number of hydrogen-bond acceptors (Lipinski definition) is 3. The molecule has 0 aliphatic heterocycles. The highest BCUT2D eigenvalue weighted by molar-refractivity contribution is 6.13. The second-order valence-corrected chi connectivity index (χ2v) is 4.19. The van der Waals surface area contributed by atoms with Crippen molar-refractivity contribution in [3.05, 3.63) is 28.8 Å². The molecule has 0 N–H and O–H groups in total. The van der Waals surface area contributed by atoms with E-state index in [9.17, 15) is 19.5 Å². The average Bonchev–Trinajstić information content (AvgIpc) is 2.44. The third-order valence-corrected chi connectivity index (χ3v) is 3.00. The van der Waals surface area contributed by atoms with Crippen LogP contribution in [-0.4, -0.2) is 17.3 Å². The summed E-state index contributed by atoms with van der Waals surface area (Å²) in [6, 6.07) is 2.77. The largest absolute Gasteiger partial charge is 0.294 e. The smallest absolute Gasteiger partial charge is 0.200 e. The van der Waals surface area contributed by atoms with Crippen molar-refractivity contribution in [1.29, 1.82) is 0 Å². The first-order valence-electron chi connectivity index (χ1n) is 6.41. The Bertz CT molecular complexity index is 529. The molecule has 0 spiro atoms. The standard InChI is InChI=1S/C15H17O4/c1-4-11(16)9-7-8-10(12(17)5-2)15(19)14(9)13(18)6-3/h7-8H,4-6H2,1-3H3. The summed E-state index contributed by atoms with van der Waals surface area (Å²) in [6.45, 7) is 4.93. The molecule has 0 atom stereocenters. The van der Waals surface area contributed by atoms with Crippen LogP contribution in [0.4, 0.5) is 0 Å². The van der Waals surface area contributed by atoms with E-state index in [0.717, 1.165) is 0 Å². The maximum Gasteiger partial charge on any atom is 0.200 e. The first-order chi connectivity index (χ1) is 8.97. The second-order valence-electron chi connectivity index (χ2n) is 4.19. The first kappa shape index (κ1) is 15.1. The van der Waals surface area contributed by atoms with Crippen molar-refractivity contribution in [2.45, 2.75) is 40.0 Å². The topological polar surface area (TPSA) is 71.1 Å². The Kier molecular flexibility index (Phi) is 4.98. The van der Waals surface area contributed by atoms with E-state index in [4.69, 9.17) is 0 Å². The Morgan fingerprint density at radius 1 is 0.789 bits per heavy atom. The molecule has 1 aromatic rings. The molecule has 4 nitrogen and oxygen atoms in total. The van der Waals surface area contributed by atoms with E-state index in [1.807, 2.05) is 0 Å². The summed E-state index contributed by atoms with van der Waals surface area (Å²) in [6.07, 6.45) is 0.531. The number of carbonyl (C=O) groups excluding carboxylic acids is 3. The highest BCUT2D eigenvalue weighted by Crippen LogP contribution is 2.30. The maximum atomic E-state index is 12.2. The molecule has 0 unspecified atom stereocenters. The zero-order chi connectivity index (χ0) is 14.6. The lowest BCUT2D eigenvalue weighted by Crippen LogP contribution is -2.10. The van der Waals surface area contributed by atoms with Crippen molar-refractivity contribution < 1.29 is 19.5 Å². The Morgan fingerprint density at radius 3 is 1.68 bits per heavy atom. The summed E-state index contributed by atoms with van der Waals surface area (Å²) >= 11 is 0. The van der Waals surface area contributed by atoms with Gasteiger partial charge >= 0.3 is 0 Å². The van der Waals surface area contributed by atoms with Gasteiger partial charge in [0.15, 0.2) is 17.3 Å². The van der Waals surface area contributed by atoms with Crippen LogP contribution in [0.25, 0.3) is 0 Å². The van der Waals surface area contributed by atoms with Crippen LogP contribution in [0, 0.1) is 0 Å². The van der Waals surface area contributed by atoms with E-state index in [-0.39, 0.29) is 47.5 Å². The molecule has 1 radical (unpaired) electrons. The molecule has 0 saturated carbocycles. The monoisotopic (exact) mass is 261 g/mol. The molecule has 0 aliphatic carbocycles. The van der Waals surface area contributed by atoms with E-state index in [2.05, 4.69) is 0 Å². The Balaban J connectivity index is 3.53. The van der Waals surface area contributed by atoms with Crippen LogP contribution >= 0.6 is 0 Å². The van der Waals surface area contributed by atoms with Crippen LogP contribution in [0.1, 0.15) is 71.1 Å². The summed E-state index contributed by atoms with van der Waals surface area (Å²) in [5.41, 5.74) is -0.00685. The molecule has 0 aliphatic rings. The predicted octanol–water partition coefficient (Wildman–Crippen LogP) is 3.61. The van der Waals surface area contributed by atoms with Gasteiger partial charge in [0.2, 0.25) is 5.75 Å². The number of ketones is 3. The molecule has 1 rings (SSSR count). The molecule has 0 amide bonds. The van der Waals surface area contributed by atoms with Crippen molar-refractivity contribution in [1.82, 2.24) is 0 Å². The predicted molar refractivity (Wildman–Crippen MR) is 70.4 cm³/mol. The molecule has 0 saturated heterocycles. The van der Waals surface area contributed by atoms with Gasteiger partial charge in [0, 0.05) is 24.8 Å². The molecule has 4 heteroatoms. The fourth-order valence-electron chi connectivity index (χ4n) is 1.87. The van der Waals surface area contributed by atoms with E-state index < -0.39 is 11.5 Å². The molecular weight excluding hydrogens is 244 g/mol. The summed E-state index contributed by atoms with van der Waals surface area (Å²) in [4.78, 5) is 35.3. The van der Waals surface area contributed by atoms with E-state index in [1.54, 1.807) is 20.8 Å². The number of hydrogen-bond donors (Lipinski definition) is 0. The minimum atomic E-state index is -0.613. The molecule has 0 fully saturated rings. The summed E-state index contributed by atoms with van der Waals surface area (Å²) < 4.78 is 0. The fourth-order valence-corrected chi connectivity index (χ4v) is 1.87. The number of carbonyl (C=O) groups is 3. The number of benzene rings is 1. The molecule has 0 heterocycles. The van der Waals surface area contributed by atoms with Gasteiger partial charge in [0.1, 0.15) is 0 Å². The highest BCUT2D eigenvalue weighted by atomic mass is 16.3. The normalized spacial score (nSPS) is 10.3. The van der Waals surface area contributed by atoms with Crippen molar-refractivity contribution in [3.8, 4) is 5.75 Å². The summed E-state index contributed by atoms with van der Waals surface area (Å²) in [7, 11) is 0. The lowest BCUT2D eigenvalue weighted by molar-refractivity contribution is 0.0947.